The number of amides is 1. The van der Waals surface area contributed by atoms with Gasteiger partial charge in [0.1, 0.15) is 6.04 Å². The maximum absolute atomic E-state index is 10.6. The molecule has 0 spiro atoms. The summed E-state index contributed by atoms with van der Waals surface area (Å²) in [4.78, 5) is 14.5. The van der Waals surface area contributed by atoms with Crippen molar-refractivity contribution in [3.63, 3.8) is 0 Å². The van der Waals surface area contributed by atoms with Gasteiger partial charge in [0.05, 0.1) is 6.26 Å². The number of furan rings is 1. The molecule has 0 fully saturated rings. The number of carbonyl (C=O) groups excluding carboxylic acids is 1. The van der Waals surface area contributed by atoms with E-state index in [1.807, 2.05) is 0 Å². The van der Waals surface area contributed by atoms with Crippen LogP contribution < -0.4 is 11.5 Å². The molecular weight excluding hydrogens is 170 g/mol. The molecule has 5 heteroatoms. The van der Waals surface area contributed by atoms with Crippen molar-refractivity contribution in [2.75, 3.05) is 0 Å². The maximum atomic E-state index is 10.6. The minimum absolute atomic E-state index is 0.177. The van der Waals surface area contributed by atoms with Crippen molar-refractivity contribution in [2.24, 2.45) is 16.5 Å². The number of primary amides is 1. The zero-order chi connectivity index (χ0) is 9.84. The van der Waals surface area contributed by atoms with E-state index in [4.69, 9.17) is 15.9 Å². The van der Waals surface area contributed by atoms with Crippen molar-refractivity contribution in [3.05, 3.63) is 24.2 Å². The Hall–Kier alpha value is -1.78. The molecule has 70 valence electrons. The summed E-state index contributed by atoms with van der Waals surface area (Å²) < 4.78 is 4.97. The second kappa shape index (κ2) is 3.75. The molecule has 1 atom stereocenters. The number of nitrogens with two attached hydrogens (primary N) is 2. The molecule has 0 aliphatic rings. The lowest BCUT2D eigenvalue weighted by molar-refractivity contribution is -0.118. The normalized spacial score (nSPS) is 14.1. The van der Waals surface area contributed by atoms with Crippen molar-refractivity contribution in [3.8, 4) is 0 Å². The Morgan fingerprint density at radius 2 is 2.31 bits per heavy atom. The third-order valence-electron chi connectivity index (χ3n) is 1.52. The van der Waals surface area contributed by atoms with Crippen LogP contribution in [-0.2, 0) is 4.79 Å². The summed E-state index contributed by atoms with van der Waals surface area (Å²) in [7, 11) is 0. The van der Waals surface area contributed by atoms with E-state index >= 15 is 0 Å². The fourth-order valence-corrected chi connectivity index (χ4v) is 0.760. The molecule has 0 bridgehead atoms. The highest BCUT2D eigenvalue weighted by molar-refractivity contribution is 5.96. The molecule has 0 aliphatic heterocycles. The van der Waals surface area contributed by atoms with Crippen molar-refractivity contribution >= 4 is 11.7 Å². The van der Waals surface area contributed by atoms with Crippen molar-refractivity contribution < 1.29 is 9.21 Å². The van der Waals surface area contributed by atoms with Crippen LogP contribution in [0.4, 0.5) is 0 Å². The molecule has 0 saturated heterocycles. The molecule has 0 radical (unpaired) electrons. The first-order valence-electron chi connectivity index (χ1n) is 3.77. The van der Waals surface area contributed by atoms with Gasteiger partial charge >= 0.3 is 0 Å². The van der Waals surface area contributed by atoms with Crippen LogP contribution in [0.1, 0.15) is 12.7 Å². The van der Waals surface area contributed by atoms with Crippen LogP contribution in [0.2, 0.25) is 0 Å². The topological polar surface area (TPSA) is 94.6 Å². The van der Waals surface area contributed by atoms with Gasteiger partial charge in [0, 0.05) is 0 Å². The van der Waals surface area contributed by atoms with Gasteiger partial charge in [-0.3, -0.25) is 9.79 Å². The monoisotopic (exact) mass is 181 g/mol. The van der Waals surface area contributed by atoms with Gasteiger partial charge in [0.15, 0.2) is 11.6 Å². The summed E-state index contributed by atoms with van der Waals surface area (Å²) in [5.74, 6) is 0.0962. The second-order valence-corrected chi connectivity index (χ2v) is 2.57. The Bertz CT molecular complexity index is 316. The Balaban J connectivity index is 2.78. The molecule has 0 aliphatic carbocycles. The van der Waals surface area contributed by atoms with Crippen LogP contribution in [0.3, 0.4) is 0 Å². The first kappa shape index (κ1) is 9.31. The van der Waals surface area contributed by atoms with E-state index in [1.54, 1.807) is 19.1 Å². The fourth-order valence-electron chi connectivity index (χ4n) is 0.760. The van der Waals surface area contributed by atoms with Crippen LogP contribution in [-0.4, -0.2) is 17.8 Å². The number of aliphatic imine (C=N–C) groups is 1. The minimum Gasteiger partial charge on any atom is -0.461 e. The van der Waals surface area contributed by atoms with Gasteiger partial charge in [-0.2, -0.15) is 0 Å². The summed E-state index contributed by atoms with van der Waals surface area (Å²) in [6, 6.07) is 2.71. The zero-order valence-electron chi connectivity index (χ0n) is 7.23. The van der Waals surface area contributed by atoms with E-state index < -0.39 is 11.9 Å². The highest BCUT2D eigenvalue weighted by Gasteiger charge is 2.08. The van der Waals surface area contributed by atoms with E-state index in [-0.39, 0.29) is 5.84 Å². The van der Waals surface area contributed by atoms with Crippen molar-refractivity contribution in [1.82, 2.24) is 0 Å². The number of amidine groups is 1. The molecule has 0 unspecified atom stereocenters. The van der Waals surface area contributed by atoms with Crippen LogP contribution in [0.25, 0.3) is 0 Å². The lowest BCUT2D eigenvalue weighted by Gasteiger charge is -2.01. The van der Waals surface area contributed by atoms with Crippen molar-refractivity contribution in [2.45, 2.75) is 13.0 Å². The number of hydrogen-bond acceptors (Lipinski definition) is 3. The first-order valence-corrected chi connectivity index (χ1v) is 3.77. The molecule has 5 nitrogen and oxygen atoms in total. The molecule has 0 saturated carbocycles. The Morgan fingerprint density at radius 3 is 2.77 bits per heavy atom. The molecule has 0 aromatic carbocycles. The van der Waals surface area contributed by atoms with Gasteiger partial charge in [0.2, 0.25) is 5.91 Å². The lowest BCUT2D eigenvalue weighted by Crippen LogP contribution is -2.27. The average molecular weight is 181 g/mol. The molecule has 1 heterocycles. The molecule has 1 aromatic rings. The predicted molar refractivity (Wildman–Crippen MR) is 48.1 cm³/mol. The Kier molecular flexibility index (Phi) is 2.69. The standard InChI is InChI=1S/C8H11N3O2/c1-5(8(10)12)11-7(9)6-3-2-4-13-6/h2-5H,1H3,(H2,9,11)(H2,10,12)/t5-/m0/s1. The summed E-state index contributed by atoms with van der Waals surface area (Å²) in [6.07, 6.45) is 1.48. The molecule has 13 heavy (non-hydrogen) atoms. The zero-order valence-corrected chi connectivity index (χ0v) is 7.23. The van der Waals surface area contributed by atoms with Crippen LogP contribution >= 0.6 is 0 Å². The van der Waals surface area contributed by atoms with Crippen LogP contribution in [0.5, 0.6) is 0 Å². The van der Waals surface area contributed by atoms with Crippen LogP contribution in [0, 0.1) is 0 Å². The summed E-state index contributed by atoms with van der Waals surface area (Å²) in [5, 5.41) is 0. The second-order valence-electron chi connectivity index (χ2n) is 2.57. The average Bonchev–Trinajstić information content (AvgIpc) is 2.55. The van der Waals surface area contributed by atoms with Gasteiger partial charge in [-0.15, -0.1) is 0 Å². The number of hydrogen-bond donors (Lipinski definition) is 2. The predicted octanol–water partition coefficient (Wildman–Crippen LogP) is -0.141. The fraction of sp³-hybridized carbons (Fsp3) is 0.250. The van der Waals surface area contributed by atoms with Gasteiger partial charge in [-0.1, -0.05) is 0 Å². The van der Waals surface area contributed by atoms with E-state index in [1.165, 1.54) is 6.26 Å². The number of nitrogens with zero attached hydrogens (tertiary/aromatic N) is 1. The van der Waals surface area contributed by atoms with E-state index in [0.29, 0.717) is 5.76 Å². The van der Waals surface area contributed by atoms with E-state index in [9.17, 15) is 4.79 Å². The van der Waals surface area contributed by atoms with Gasteiger partial charge < -0.3 is 15.9 Å². The smallest absolute Gasteiger partial charge is 0.242 e. The minimum atomic E-state index is -0.634. The lowest BCUT2D eigenvalue weighted by atomic mass is 10.3. The third kappa shape index (κ3) is 2.33. The quantitative estimate of drug-likeness (QED) is 0.501. The van der Waals surface area contributed by atoms with Gasteiger partial charge in [0.25, 0.3) is 0 Å². The molecule has 1 amide bonds. The highest BCUT2D eigenvalue weighted by atomic mass is 16.3. The molecule has 1 rings (SSSR count). The summed E-state index contributed by atoms with van der Waals surface area (Å²) in [5.41, 5.74) is 10.5. The third-order valence-corrected chi connectivity index (χ3v) is 1.52. The molecule has 4 N–H and O–H groups in total. The van der Waals surface area contributed by atoms with Gasteiger partial charge in [-0.05, 0) is 19.1 Å². The summed E-state index contributed by atoms with van der Waals surface area (Å²) >= 11 is 0. The Morgan fingerprint density at radius 1 is 1.62 bits per heavy atom. The molecular formula is C8H11N3O2. The van der Waals surface area contributed by atoms with Crippen molar-refractivity contribution in [1.29, 1.82) is 0 Å². The van der Waals surface area contributed by atoms with E-state index in [0.717, 1.165) is 0 Å². The molecule has 1 aromatic heterocycles. The SMILES string of the molecule is C[C@H](N=C(N)c1ccco1)C(N)=O. The highest BCUT2D eigenvalue weighted by Crippen LogP contribution is 2.00. The number of rotatable bonds is 3. The van der Waals surface area contributed by atoms with E-state index in [2.05, 4.69) is 4.99 Å². The Labute approximate surface area is 75.4 Å². The summed E-state index contributed by atoms with van der Waals surface area (Å²) in [6.45, 7) is 1.57. The number of carbonyl (C=O) groups is 1. The first-order chi connectivity index (χ1) is 6.11. The largest absolute Gasteiger partial charge is 0.461 e. The van der Waals surface area contributed by atoms with Gasteiger partial charge in [-0.25, -0.2) is 0 Å². The maximum Gasteiger partial charge on any atom is 0.242 e. The van der Waals surface area contributed by atoms with Crippen LogP contribution in [0.15, 0.2) is 27.8 Å².